The molecule has 1 aliphatic heterocycles. The largest absolute Gasteiger partial charge is 0.396 e. The first-order valence-corrected chi connectivity index (χ1v) is 9.46. The second-order valence-corrected chi connectivity index (χ2v) is 7.33. The molecule has 0 spiro atoms. The molecule has 0 saturated carbocycles. The van der Waals surface area contributed by atoms with E-state index in [1.54, 1.807) is 12.1 Å². The minimum atomic E-state index is -0.0888. The minimum absolute atomic E-state index is 0.0529. The average Bonchev–Trinajstić information content (AvgIpc) is 2.74. The van der Waals surface area contributed by atoms with Crippen molar-refractivity contribution in [3.8, 4) is 6.07 Å². The van der Waals surface area contributed by atoms with Crippen molar-refractivity contribution in [1.29, 1.82) is 5.26 Å². The molecule has 1 aromatic carbocycles. The summed E-state index contributed by atoms with van der Waals surface area (Å²) in [5, 5.41) is 18.8. The Hall–Kier alpha value is -2.71. The summed E-state index contributed by atoms with van der Waals surface area (Å²) >= 11 is 0. The molecule has 1 fully saturated rings. The van der Waals surface area contributed by atoms with Gasteiger partial charge in [-0.05, 0) is 55.2 Å². The molecule has 1 aliphatic rings. The minimum Gasteiger partial charge on any atom is -0.396 e. The number of amides is 1. The van der Waals surface area contributed by atoms with E-state index in [4.69, 9.17) is 5.26 Å². The summed E-state index contributed by atoms with van der Waals surface area (Å²) in [5.74, 6) is -0.0529. The van der Waals surface area contributed by atoms with Gasteiger partial charge in [0.2, 0.25) is 0 Å². The monoisotopic (exact) mass is 363 g/mol. The van der Waals surface area contributed by atoms with Gasteiger partial charge in [0, 0.05) is 25.9 Å². The highest BCUT2D eigenvalue weighted by Crippen LogP contribution is 2.36. The van der Waals surface area contributed by atoms with Crippen LogP contribution in [0, 0.1) is 16.7 Å². The highest BCUT2D eigenvalue weighted by molar-refractivity contribution is 5.94. The summed E-state index contributed by atoms with van der Waals surface area (Å²) in [4.78, 5) is 18.4. The van der Waals surface area contributed by atoms with Gasteiger partial charge in [-0.3, -0.25) is 4.79 Å². The zero-order valence-corrected chi connectivity index (χ0v) is 15.5. The fourth-order valence-corrected chi connectivity index (χ4v) is 3.75. The number of nitrogens with zero attached hydrogens (tertiary/aromatic N) is 3. The highest BCUT2D eigenvalue weighted by Gasteiger charge is 2.35. The fraction of sp³-hybridized carbons (Fsp3) is 0.409. The average molecular weight is 363 g/mol. The number of hydrogen-bond donors (Lipinski definition) is 1. The third kappa shape index (κ3) is 4.72. The van der Waals surface area contributed by atoms with E-state index in [-0.39, 0.29) is 17.9 Å². The van der Waals surface area contributed by atoms with Crippen molar-refractivity contribution >= 4 is 5.91 Å². The van der Waals surface area contributed by atoms with Crippen LogP contribution >= 0.6 is 0 Å². The number of rotatable bonds is 6. The zero-order chi connectivity index (χ0) is 19.1. The Morgan fingerprint density at radius 2 is 1.93 bits per heavy atom. The number of aliphatic hydroxyl groups is 1. The van der Waals surface area contributed by atoms with Crippen LogP contribution in [-0.4, -0.2) is 40.6 Å². The van der Waals surface area contributed by atoms with E-state index in [0.29, 0.717) is 24.3 Å². The molecule has 2 aromatic rings. The van der Waals surface area contributed by atoms with Gasteiger partial charge in [0.05, 0.1) is 5.56 Å². The third-order valence-corrected chi connectivity index (χ3v) is 5.59. The normalized spacial score (nSPS) is 15.9. The van der Waals surface area contributed by atoms with Gasteiger partial charge in [0.1, 0.15) is 11.8 Å². The van der Waals surface area contributed by atoms with Gasteiger partial charge < -0.3 is 10.0 Å². The van der Waals surface area contributed by atoms with E-state index in [2.05, 4.69) is 29.2 Å². The molecule has 0 unspecified atom stereocenters. The van der Waals surface area contributed by atoms with Crippen molar-refractivity contribution in [3.63, 3.8) is 0 Å². The second-order valence-electron chi connectivity index (χ2n) is 7.33. The number of carbonyl (C=O) groups excluding carboxylic acids is 1. The predicted octanol–water partition coefficient (Wildman–Crippen LogP) is 3.19. The Bertz CT molecular complexity index is 789. The van der Waals surface area contributed by atoms with E-state index < -0.39 is 0 Å². The van der Waals surface area contributed by atoms with Crippen molar-refractivity contribution in [2.45, 2.75) is 32.1 Å². The number of likely N-dealkylation sites (tertiary alicyclic amines) is 1. The molecule has 27 heavy (non-hydrogen) atoms. The van der Waals surface area contributed by atoms with Crippen molar-refractivity contribution in [1.82, 2.24) is 9.88 Å². The standard InChI is InChI=1S/C22H25N3O2/c23-15-20-9-8-19(16-24-20)21(27)25-13-11-22(17-26,12-14-25)10-4-7-18-5-2-1-3-6-18/h1-3,5-6,8-9,16,26H,4,7,10-14,17H2. The molecule has 5 heteroatoms. The van der Waals surface area contributed by atoms with E-state index in [0.717, 1.165) is 32.1 Å². The Morgan fingerprint density at radius 1 is 1.19 bits per heavy atom. The molecule has 0 atom stereocenters. The van der Waals surface area contributed by atoms with Crippen LogP contribution in [0.1, 0.15) is 47.3 Å². The number of carbonyl (C=O) groups is 1. The van der Waals surface area contributed by atoms with E-state index in [9.17, 15) is 9.90 Å². The maximum absolute atomic E-state index is 12.6. The number of aryl methyl sites for hydroxylation is 1. The summed E-state index contributed by atoms with van der Waals surface area (Å²) in [6.45, 7) is 1.46. The number of nitriles is 1. The number of pyridine rings is 1. The van der Waals surface area contributed by atoms with Gasteiger partial charge >= 0.3 is 0 Å². The van der Waals surface area contributed by atoms with Gasteiger partial charge in [0.15, 0.2) is 0 Å². The number of piperidine rings is 1. The summed E-state index contributed by atoms with van der Waals surface area (Å²) in [5.41, 5.74) is 2.05. The van der Waals surface area contributed by atoms with Gasteiger partial charge in [0.25, 0.3) is 5.91 Å². The first kappa shape index (κ1) is 19.1. The highest BCUT2D eigenvalue weighted by atomic mass is 16.3. The number of aliphatic hydroxyl groups excluding tert-OH is 1. The van der Waals surface area contributed by atoms with Crippen LogP contribution < -0.4 is 0 Å². The van der Waals surface area contributed by atoms with Crippen molar-refractivity contribution in [3.05, 3.63) is 65.5 Å². The summed E-state index contributed by atoms with van der Waals surface area (Å²) in [7, 11) is 0. The molecular weight excluding hydrogens is 338 g/mol. The van der Waals surface area contributed by atoms with Crippen LogP contribution in [0.2, 0.25) is 0 Å². The van der Waals surface area contributed by atoms with Crippen molar-refractivity contribution in [2.75, 3.05) is 19.7 Å². The molecule has 0 aliphatic carbocycles. The van der Waals surface area contributed by atoms with Crippen LogP contribution in [0.5, 0.6) is 0 Å². The molecule has 0 bridgehead atoms. The Kier molecular flexibility index (Phi) is 6.20. The zero-order valence-electron chi connectivity index (χ0n) is 15.5. The molecule has 3 rings (SSSR count). The molecule has 1 saturated heterocycles. The van der Waals surface area contributed by atoms with E-state index >= 15 is 0 Å². The van der Waals surface area contributed by atoms with E-state index in [1.165, 1.54) is 11.8 Å². The maximum Gasteiger partial charge on any atom is 0.255 e. The number of hydrogen-bond acceptors (Lipinski definition) is 4. The Balaban J connectivity index is 1.53. The van der Waals surface area contributed by atoms with Crippen LogP contribution in [-0.2, 0) is 6.42 Å². The molecular formula is C22H25N3O2. The van der Waals surface area contributed by atoms with Gasteiger partial charge in [-0.1, -0.05) is 30.3 Å². The lowest BCUT2D eigenvalue weighted by Gasteiger charge is -2.41. The summed E-state index contributed by atoms with van der Waals surface area (Å²) in [6, 6.07) is 15.6. The summed E-state index contributed by atoms with van der Waals surface area (Å²) < 4.78 is 0. The lowest BCUT2D eigenvalue weighted by Crippen LogP contribution is -2.44. The van der Waals surface area contributed by atoms with Crippen LogP contribution in [0.15, 0.2) is 48.7 Å². The Morgan fingerprint density at radius 3 is 2.52 bits per heavy atom. The van der Waals surface area contributed by atoms with Crippen LogP contribution in [0.3, 0.4) is 0 Å². The van der Waals surface area contributed by atoms with Crippen molar-refractivity contribution in [2.24, 2.45) is 5.41 Å². The molecule has 1 aromatic heterocycles. The SMILES string of the molecule is N#Cc1ccc(C(=O)N2CCC(CO)(CCCc3ccccc3)CC2)cn1. The Labute approximate surface area is 160 Å². The maximum atomic E-state index is 12.6. The van der Waals surface area contributed by atoms with Gasteiger partial charge in [-0.25, -0.2) is 4.98 Å². The molecule has 140 valence electrons. The van der Waals surface area contributed by atoms with Gasteiger partial charge in [-0.2, -0.15) is 5.26 Å². The predicted molar refractivity (Wildman–Crippen MR) is 103 cm³/mol. The molecule has 2 heterocycles. The van der Waals surface area contributed by atoms with Crippen molar-refractivity contribution < 1.29 is 9.90 Å². The lowest BCUT2D eigenvalue weighted by molar-refractivity contribution is 0.0303. The lowest BCUT2D eigenvalue weighted by atomic mass is 9.75. The van der Waals surface area contributed by atoms with E-state index in [1.807, 2.05) is 17.0 Å². The smallest absolute Gasteiger partial charge is 0.255 e. The van der Waals surface area contributed by atoms with Gasteiger partial charge in [-0.15, -0.1) is 0 Å². The first-order valence-electron chi connectivity index (χ1n) is 9.46. The topological polar surface area (TPSA) is 77.2 Å². The molecule has 5 nitrogen and oxygen atoms in total. The molecule has 1 amide bonds. The quantitative estimate of drug-likeness (QED) is 0.855. The van der Waals surface area contributed by atoms with Crippen LogP contribution in [0.4, 0.5) is 0 Å². The third-order valence-electron chi connectivity index (χ3n) is 5.59. The van der Waals surface area contributed by atoms with Crippen LogP contribution in [0.25, 0.3) is 0 Å². The summed E-state index contributed by atoms with van der Waals surface area (Å²) in [6.07, 6.45) is 6.12. The number of benzene rings is 1. The molecule has 1 N–H and O–H groups in total. The number of aromatic nitrogens is 1. The fourth-order valence-electron chi connectivity index (χ4n) is 3.75. The second kappa shape index (κ2) is 8.79. The molecule has 0 radical (unpaired) electrons. The first-order chi connectivity index (χ1) is 13.2.